The van der Waals surface area contributed by atoms with Crippen LogP contribution in [0.2, 0.25) is 0 Å². The van der Waals surface area contributed by atoms with E-state index in [0.717, 1.165) is 5.56 Å². The highest BCUT2D eigenvalue weighted by Gasteiger charge is 2.03. The number of hydrogen-bond acceptors (Lipinski definition) is 6. The maximum atomic E-state index is 9.38. The number of hydrazone groups is 1. The van der Waals surface area contributed by atoms with Crippen molar-refractivity contribution in [2.45, 2.75) is 6.54 Å². The minimum absolute atomic E-state index is 0.157. The first-order valence-electron chi connectivity index (χ1n) is 6.63. The molecule has 6 heteroatoms. The largest absolute Gasteiger partial charge is 0.504 e. The first kappa shape index (κ1) is 15.5. The summed E-state index contributed by atoms with van der Waals surface area (Å²) in [5.41, 5.74) is 4.57. The molecule has 0 amide bonds. The standard InChI is InChI=1S/C16H18N2O4/c1-21-15-6-4-12(8-16(15)22-2)10-18-17-9-11-3-5-13(19)14(20)7-11/h3-9,18-20H,10H2,1-2H3/b17-9+. The highest BCUT2D eigenvalue weighted by molar-refractivity contribution is 5.80. The van der Waals surface area contributed by atoms with Crippen LogP contribution in [0.4, 0.5) is 0 Å². The van der Waals surface area contributed by atoms with Gasteiger partial charge in [-0.05, 0) is 41.5 Å². The van der Waals surface area contributed by atoms with E-state index in [-0.39, 0.29) is 11.5 Å². The van der Waals surface area contributed by atoms with Crippen molar-refractivity contribution in [3.8, 4) is 23.0 Å². The van der Waals surface area contributed by atoms with Gasteiger partial charge in [0, 0.05) is 0 Å². The van der Waals surface area contributed by atoms with E-state index in [4.69, 9.17) is 9.47 Å². The van der Waals surface area contributed by atoms with Crippen molar-refractivity contribution in [2.75, 3.05) is 14.2 Å². The summed E-state index contributed by atoms with van der Waals surface area (Å²) in [4.78, 5) is 0. The molecule has 0 aliphatic heterocycles. The van der Waals surface area contributed by atoms with Crippen LogP contribution in [0.25, 0.3) is 0 Å². The number of aromatic hydroxyl groups is 2. The second kappa shape index (κ2) is 7.21. The monoisotopic (exact) mass is 302 g/mol. The van der Waals surface area contributed by atoms with Gasteiger partial charge < -0.3 is 25.1 Å². The van der Waals surface area contributed by atoms with Gasteiger partial charge in [0.25, 0.3) is 0 Å². The zero-order valence-corrected chi connectivity index (χ0v) is 12.4. The van der Waals surface area contributed by atoms with Crippen molar-refractivity contribution in [1.29, 1.82) is 0 Å². The predicted molar refractivity (Wildman–Crippen MR) is 83.8 cm³/mol. The fourth-order valence-corrected chi connectivity index (χ4v) is 1.87. The molecule has 0 bridgehead atoms. The second-order valence-corrected chi connectivity index (χ2v) is 4.53. The van der Waals surface area contributed by atoms with Gasteiger partial charge in [-0.15, -0.1) is 0 Å². The van der Waals surface area contributed by atoms with Crippen molar-refractivity contribution in [3.05, 3.63) is 47.5 Å². The summed E-state index contributed by atoms with van der Waals surface area (Å²) in [5, 5.41) is 22.7. The number of hydrogen-bond donors (Lipinski definition) is 3. The van der Waals surface area contributed by atoms with E-state index in [9.17, 15) is 10.2 Å². The van der Waals surface area contributed by atoms with Crippen molar-refractivity contribution in [2.24, 2.45) is 5.10 Å². The Labute approximate surface area is 128 Å². The Morgan fingerprint density at radius 3 is 2.45 bits per heavy atom. The topological polar surface area (TPSA) is 83.3 Å². The number of nitrogens with zero attached hydrogens (tertiary/aromatic N) is 1. The summed E-state index contributed by atoms with van der Waals surface area (Å²) in [6.07, 6.45) is 1.56. The lowest BCUT2D eigenvalue weighted by Crippen LogP contribution is -2.06. The first-order chi connectivity index (χ1) is 10.6. The number of benzene rings is 2. The van der Waals surface area contributed by atoms with E-state index in [1.165, 1.54) is 12.1 Å². The fourth-order valence-electron chi connectivity index (χ4n) is 1.87. The number of phenolic OH excluding ortho intramolecular Hbond substituents is 2. The third-order valence-corrected chi connectivity index (χ3v) is 3.04. The third kappa shape index (κ3) is 3.82. The van der Waals surface area contributed by atoms with Crippen molar-refractivity contribution < 1.29 is 19.7 Å². The van der Waals surface area contributed by atoms with Crippen LogP contribution in [0, 0.1) is 0 Å². The number of ether oxygens (including phenoxy) is 2. The van der Waals surface area contributed by atoms with E-state index in [2.05, 4.69) is 10.5 Å². The molecule has 0 heterocycles. The Kier molecular flexibility index (Phi) is 5.08. The van der Waals surface area contributed by atoms with Gasteiger partial charge in [0.2, 0.25) is 0 Å². The van der Waals surface area contributed by atoms with Gasteiger partial charge in [-0.2, -0.15) is 5.10 Å². The van der Waals surface area contributed by atoms with Gasteiger partial charge >= 0.3 is 0 Å². The van der Waals surface area contributed by atoms with Crippen LogP contribution in [-0.4, -0.2) is 30.6 Å². The molecular formula is C16H18N2O4. The number of nitrogens with one attached hydrogen (secondary N) is 1. The minimum atomic E-state index is -0.177. The SMILES string of the molecule is COc1ccc(CN/N=C/c2ccc(O)c(O)c2)cc1OC. The molecule has 0 saturated heterocycles. The van der Waals surface area contributed by atoms with E-state index in [1.807, 2.05) is 18.2 Å². The summed E-state index contributed by atoms with van der Waals surface area (Å²) < 4.78 is 10.4. The molecule has 2 aromatic carbocycles. The maximum absolute atomic E-state index is 9.38. The summed E-state index contributed by atoms with van der Waals surface area (Å²) in [7, 11) is 3.18. The second-order valence-electron chi connectivity index (χ2n) is 4.53. The molecule has 116 valence electrons. The molecule has 0 radical (unpaired) electrons. The molecule has 3 N–H and O–H groups in total. The zero-order valence-electron chi connectivity index (χ0n) is 12.4. The molecule has 0 saturated carbocycles. The summed E-state index contributed by atoms with van der Waals surface area (Å²) >= 11 is 0. The molecule has 0 aliphatic carbocycles. The fraction of sp³-hybridized carbons (Fsp3) is 0.188. The molecule has 0 aromatic heterocycles. The van der Waals surface area contributed by atoms with Gasteiger partial charge in [0.15, 0.2) is 23.0 Å². The average molecular weight is 302 g/mol. The zero-order chi connectivity index (χ0) is 15.9. The number of rotatable bonds is 6. The summed E-state index contributed by atoms with van der Waals surface area (Å²) in [5.74, 6) is 1.00. The van der Waals surface area contributed by atoms with Gasteiger partial charge in [-0.3, -0.25) is 0 Å². The average Bonchev–Trinajstić information content (AvgIpc) is 2.54. The summed E-state index contributed by atoms with van der Waals surface area (Å²) in [6, 6.07) is 10.1. The Bertz CT molecular complexity index is 671. The van der Waals surface area contributed by atoms with Gasteiger partial charge in [0.05, 0.1) is 27.0 Å². The van der Waals surface area contributed by atoms with E-state index < -0.39 is 0 Å². The molecule has 0 atom stereocenters. The van der Waals surface area contributed by atoms with Crippen molar-refractivity contribution >= 4 is 6.21 Å². The van der Waals surface area contributed by atoms with Crippen LogP contribution in [0.5, 0.6) is 23.0 Å². The molecule has 0 spiro atoms. The molecule has 0 aliphatic rings. The van der Waals surface area contributed by atoms with Crippen LogP contribution < -0.4 is 14.9 Å². The Hall–Kier alpha value is -2.89. The Balaban J connectivity index is 1.95. The third-order valence-electron chi connectivity index (χ3n) is 3.04. The smallest absolute Gasteiger partial charge is 0.161 e. The molecule has 0 unspecified atom stereocenters. The molecule has 2 aromatic rings. The Morgan fingerprint density at radius 1 is 1.00 bits per heavy atom. The normalized spacial score (nSPS) is 10.6. The first-order valence-corrected chi connectivity index (χ1v) is 6.63. The quantitative estimate of drug-likeness (QED) is 0.433. The van der Waals surface area contributed by atoms with Crippen molar-refractivity contribution in [1.82, 2.24) is 5.43 Å². The predicted octanol–water partition coefficient (Wildman–Crippen LogP) is 2.24. The molecule has 0 fully saturated rings. The lowest BCUT2D eigenvalue weighted by atomic mass is 10.2. The van der Waals surface area contributed by atoms with E-state index >= 15 is 0 Å². The highest BCUT2D eigenvalue weighted by Crippen LogP contribution is 2.27. The maximum Gasteiger partial charge on any atom is 0.161 e. The van der Waals surface area contributed by atoms with Gasteiger partial charge in [-0.25, -0.2) is 0 Å². The summed E-state index contributed by atoms with van der Waals surface area (Å²) in [6.45, 7) is 0.515. The number of phenols is 2. The van der Waals surface area contributed by atoms with Crippen LogP contribution in [0.3, 0.4) is 0 Å². The highest BCUT2D eigenvalue weighted by atomic mass is 16.5. The minimum Gasteiger partial charge on any atom is -0.504 e. The van der Waals surface area contributed by atoms with Crippen LogP contribution >= 0.6 is 0 Å². The van der Waals surface area contributed by atoms with E-state index in [1.54, 1.807) is 26.5 Å². The Morgan fingerprint density at radius 2 is 1.77 bits per heavy atom. The van der Waals surface area contributed by atoms with Crippen LogP contribution in [-0.2, 0) is 6.54 Å². The van der Waals surface area contributed by atoms with Crippen LogP contribution in [0.1, 0.15) is 11.1 Å². The van der Waals surface area contributed by atoms with Crippen LogP contribution in [0.15, 0.2) is 41.5 Å². The molecule has 6 nitrogen and oxygen atoms in total. The van der Waals surface area contributed by atoms with Gasteiger partial charge in [-0.1, -0.05) is 6.07 Å². The molecule has 22 heavy (non-hydrogen) atoms. The van der Waals surface area contributed by atoms with Gasteiger partial charge in [0.1, 0.15) is 0 Å². The van der Waals surface area contributed by atoms with E-state index in [0.29, 0.717) is 23.6 Å². The lowest BCUT2D eigenvalue weighted by molar-refractivity contribution is 0.354. The number of methoxy groups -OCH3 is 2. The molecular weight excluding hydrogens is 284 g/mol. The lowest BCUT2D eigenvalue weighted by Gasteiger charge is -2.09. The molecule has 2 rings (SSSR count). The van der Waals surface area contributed by atoms with Crippen molar-refractivity contribution in [3.63, 3.8) is 0 Å².